The second kappa shape index (κ2) is 4.40. The van der Waals surface area contributed by atoms with Crippen molar-refractivity contribution in [2.24, 2.45) is 5.92 Å². The Balaban J connectivity index is 3.68. The molecule has 0 aliphatic rings. The molecule has 1 nitrogen and oxygen atoms in total. The highest BCUT2D eigenvalue weighted by Gasteiger charge is 2.10. The molecule has 1 unspecified atom stereocenters. The molecule has 0 aliphatic heterocycles. The van der Waals surface area contributed by atoms with Gasteiger partial charge in [0.15, 0.2) is 0 Å². The number of aliphatic hydroxyl groups is 1. The summed E-state index contributed by atoms with van der Waals surface area (Å²) in [5, 5.41) is 9.18. The standard InChI is InChI=1S/C8H14O/c1-4-7(5-2)8(9)6-3/h1,7-9H,5-6H2,2-3H3/t7?,8-/m0/s1. The van der Waals surface area contributed by atoms with Gasteiger partial charge in [-0.25, -0.2) is 0 Å². The lowest BCUT2D eigenvalue weighted by Gasteiger charge is -2.12. The van der Waals surface area contributed by atoms with Crippen LogP contribution in [0.15, 0.2) is 0 Å². The molecule has 9 heavy (non-hydrogen) atoms. The monoisotopic (exact) mass is 126 g/mol. The predicted octanol–water partition coefficient (Wildman–Crippen LogP) is 1.42. The zero-order valence-corrected chi connectivity index (χ0v) is 6.09. The van der Waals surface area contributed by atoms with Crippen molar-refractivity contribution in [1.82, 2.24) is 0 Å². The molecule has 0 fully saturated rings. The average Bonchev–Trinajstić information content (AvgIpc) is 1.90. The van der Waals surface area contributed by atoms with E-state index in [0.29, 0.717) is 0 Å². The van der Waals surface area contributed by atoms with Gasteiger partial charge in [-0.2, -0.15) is 0 Å². The first kappa shape index (κ1) is 8.52. The summed E-state index contributed by atoms with van der Waals surface area (Å²) < 4.78 is 0. The molecule has 1 heteroatoms. The van der Waals surface area contributed by atoms with Crippen LogP contribution < -0.4 is 0 Å². The number of hydrogen-bond acceptors (Lipinski definition) is 1. The fraction of sp³-hybridized carbons (Fsp3) is 0.750. The fourth-order valence-corrected chi connectivity index (χ4v) is 0.786. The van der Waals surface area contributed by atoms with Gasteiger partial charge in [-0.3, -0.25) is 0 Å². The maximum Gasteiger partial charge on any atom is 0.0674 e. The van der Waals surface area contributed by atoms with Gasteiger partial charge in [0.05, 0.1) is 6.10 Å². The number of hydrogen-bond donors (Lipinski definition) is 1. The first-order valence-electron chi connectivity index (χ1n) is 3.40. The van der Waals surface area contributed by atoms with Gasteiger partial charge in [-0.1, -0.05) is 13.8 Å². The summed E-state index contributed by atoms with van der Waals surface area (Å²) >= 11 is 0. The van der Waals surface area contributed by atoms with Crippen LogP contribution in [0.2, 0.25) is 0 Å². The van der Waals surface area contributed by atoms with Gasteiger partial charge >= 0.3 is 0 Å². The SMILES string of the molecule is C#CC(CC)[C@@H](O)CC. The van der Waals surface area contributed by atoms with Crippen molar-refractivity contribution < 1.29 is 5.11 Å². The highest BCUT2D eigenvalue weighted by molar-refractivity contribution is 4.95. The summed E-state index contributed by atoms with van der Waals surface area (Å²) in [6, 6.07) is 0. The van der Waals surface area contributed by atoms with E-state index in [0.717, 1.165) is 12.8 Å². The normalized spacial score (nSPS) is 16.2. The molecule has 0 amide bonds. The molecule has 1 N–H and O–H groups in total. The van der Waals surface area contributed by atoms with Crippen molar-refractivity contribution in [1.29, 1.82) is 0 Å². The van der Waals surface area contributed by atoms with Crippen LogP contribution in [-0.2, 0) is 0 Å². The van der Waals surface area contributed by atoms with Crippen molar-refractivity contribution in [3.8, 4) is 12.3 Å². The molecule has 52 valence electrons. The van der Waals surface area contributed by atoms with E-state index in [4.69, 9.17) is 6.42 Å². The van der Waals surface area contributed by atoms with E-state index >= 15 is 0 Å². The second-order valence-corrected chi connectivity index (χ2v) is 2.16. The lowest BCUT2D eigenvalue weighted by Crippen LogP contribution is -2.16. The van der Waals surface area contributed by atoms with Crippen LogP contribution in [-0.4, -0.2) is 11.2 Å². The van der Waals surface area contributed by atoms with Crippen LogP contribution in [0.3, 0.4) is 0 Å². The molecule has 0 rings (SSSR count). The summed E-state index contributed by atoms with van der Waals surface area (Å²) in [4.78, 5) is 0. The second-order valence-electron chi connectivity index (χ2n) is 2.16. The Morgan fingerprint density at radius 1 is 1.44 bits per heavy atom. The van der Waals surface area contributed by atoms with Gasteiger partial charge in [0.25, 0.3) is 0 Å². The zero-order valence-electron chi connectivity index (χ0n) is 6.09. The van der Waals surface area contributed by atoms with Gasteiger partial charge in [0.2, 0.25) is 0 Å². The number of aliphatic hydroxyl groups excluding tert-OH is 1. The Morgan fingerprint density at radius 3 is 2.11 bits per heavy atom. The van der Waals surface area contributed by atoms with Crippen molar-refractivity contribution in [3.05, 3.63) is 0 Å². The third-order valence-corrected chi connectivity index (χ3v) is 1.54. The molecule has 0 radical (unpaired) electrons. The van der Waals surface area contributed by atoms with Crippen molar-refractivity contribution in [3.63, 3.8) is 0 Å². The molecule has 0 aromatic rings. The summed E-state index contributed by atoms with van der Waals surface area (Å²) in [5.74, 6) is 2.60. The first-order valence-corrected chi connectivity index (χ1v) is 3.40. The van der Waals surface area contributed by atoms with E-state index in [-0.39, 0.29) is 12.0 Å². The topological polar surface area (TPSA) is 20.2 Å². The Labute approximate surface area is 57.1 Å². The quantitative estimate of drug-likeness (QED) is 0.567. The highest BCUT2D eigenvalue weighted by atomic mass is 16.3. The molecular weight excluding hydrogens is 112 g/mol. The van der Waals surface area contributed by atoms with Crippen molar-refractivity contribution >= 4 is 0 Å². The van der Waals surface area contributed by atoms with Gasteiger partial charge in [0, 0.05) is 5.92 Å². The highest BCUT2D eigenvalue weighted by Crippen LogP contribution is 2.09. The van der Waals surface area contributed by atoms with E-state index in [1.54, 1.807) is 0 Å². The van der Waals surface area contributed by atoms with E-state index in [1.807, 2.05) is 13.8 Å². The van der Waals surface area contributed by atoms with Gasteiger partial charge in [-0.05, 0) is 12.8 Å². The van der Waals surface area contributed by atoms with E-state index in [9.17, 15) is 5.11 Å². The van der Waals surface area contributed by atoms with Crippen LogP contribution in [0.4, 0.5) is 0 Å². The molecular formula is C8H14O. The molecule has 0 heterocycles. The largest absolute Gasteiger partial charge is 0.392 e. The minimum atomic E-state index is -0.306. The Kier molecular flexibility index (Phi) is 4.17. The number of rotatable bonds is 3. The Hall–Kier alpha value is -0.480. The summed E-state index contributed by atoms with van der Waals surface area (Å²) in [7, 11) is 0. The number of terminal acetylenes is 1. The summed E-state index contributed by atoms with van der Waals surface area (Å²) in [6.45, 7) is 3.92. The van der Waals surface area contributed by atoms with Gasteiger partial charge in [0.1, 0.15) is 0 Å². The molecule has 0 spiro atoms. The maximum absolute atomic E-state index is 9.18. The van der Waals surface area contributed by atoms with Gasteiger partial charge in [-0.15, -0.1) is 12.3 Å². The van der Waals surface area contributed by atoms with Crippen LogP contribution in [0.25, 0.3) is 0 Å². The molecule has 0 bridgehead atoms. The smallest absolute Gasteiger partial charge is 0.0674 e. The minimum Gasteiger partial charge on any atom is -0.392 e. The third-order valence-electron chi connectivity index (χ3n) is 1.54. The molecule has 0 saturated heterocycles. The zero-order chi connectivity index (χ0) is 7.28. The Bertz CT molecular complexity index is 102. The van der Waals surface area contributed by atoms with Crippen LogP contribution in [0, 0.1) is 18.3 Å². The first-order chi connectivity index (χ1) is 4.26. The Morgan fingerprint density at radius 2 is 2.00 bits per heavy atom. The van der Waals surface area contributed by atoms with E-state index < -0.39 is 0 Å². The van der Waals surface area contributed by atoms with Gasteiger partial charge < -0.3 is 5.11 Å². The minimum absolute atomic E-state index is 0.0509. The van der Waals surface area contributed by atoms with Crippen LogP contribution in [0.5, 0.6) is 0 Å². The van der Waals surface area contributed by atoms with E-state index in [1.165, 1.54) is 0 Å². The summed E-state index contributed by atoms with van der Waals surface area (Å²) in [5.41, 5.74) is 0. The fourth-order valence-electron chi connectivity index (χ4n) is 0.786. The molecule has 2 atom stereocenters. The lowest BCUT2D eigenvalue weighted by atomic mass is 9.99. The lowest BCUT2D eigenvalue weighted by molar-refractivity contribution is 0.128. The molecule has 0 aromatic heterocycles. The van der Waals surface area contributed by atoms with Crippen LogP contribution in [0.1, 0.15) is 26.7 Å². The summed E-state index contributed by atoms with van der Waals surface area (Å²) in [6.07, 6.45) is 6.46. The molecule has 0 aliphatic carbocycles. The maximum atomic E-state index is 9.18. The van der Waals surface area contributed by atoms with E-state index in [2.05, 4.69) is 5.92 Å². The molecule has 0 saturated carbocycles. The van der Waals surface area contributed by atoms with Crippen molar-refractivity contribution in [2.45, 2.75) is 32.8 Å². The average molecular weight is 126 g/mol. The van der Waals surface area contributed by atoms with Crippen molar-refractivity contribution in [2.75, 3.05) is 0 Å². The molecule has 0 aromatic carbocycles. The third kappa shape index (κ3) is 2.53. The predicted molar refractivity (Wildman–Crippen MR) is 38.9 cm³/mol. The van der Waals surface area contributed by atoms with Crippen LogP contribution >= 0.6 is 0 Å².